The summed E-state index contributed by atoms with van der Waals surface area (Å²) >= 11 is 0. The maximum Gasteiger partial charge on any atom is 0.411 e. The lowest BCUT2D eigenvalue weighted by Gasteiger charge is -2.19. The number of methoxy groups -OCH3 is 1. The Kier molecular flexibility index (Phi) is 3.63. The first-order valence-corrected chi connectivity index (χ1v) is 7.12. The molecular formula is C16H20N2O2. The van der Waals surface area contributed by atoms with Gasteiger partial charge >= 0.3 is 6.09 Å². The molecule has 0 saturated heterocycles. The Bertz CT molecular complexity index is 527. The quantitative estimate of drug-likeness (QED) is 0.825. The van der Waals surface area contributed by atoms with Crippen molar-refractivity contribution in [2.75, 3.05) is 24.3 Å². The summed E-state index contributed by atoms with van der Waals surface area (Å²) in [6, 6.07) is 7.72. The van der Waals surface area contributed by atoms with E-state index in [9.17, 15) is 4.79 Å². The van der Waals surface area contributed by atoms with Gasteiger partial charge in [-0.3, -0.25) is 5.32 Å². The first-order chi connectivity index (χ1) is 9.74. The van der Waals surface area contributed by atoms with Crippen LogP contribution in [0.25, 0.3) is 0 Å². The van der Waals surface area contributed by atoms with Gasteiger partial charge in [0.2, 0.25) is 0 Å². The van der Waals surface area contributed by atoms with Crippen LogP contribution >= 0.6 is 0 Å². The minimum absolute atomic E-state index is 0.444. The fourth-order valence-electron chi connectivity index (χ4n) is 3.25. The van der Waals surface area contributed by atoms with Crippen molar-refractivity contribution in [3.05, 3.63) is 36.4 Å². The highest BCUT2D eigenvalue weighted by Gasteiger charge is 2.35. The summed E-state index contributed by atoms with van der Waals surface area (Å²) < 4.78 is 4.59. The summed E-state index contributed by atoms with van der Waals surface area (Å²) in [6.07, 6.45) is 6.92. The number of hydrogen-bond donors (Lipinski definition) is 2. The van der Waals surface area contributed by atoms with Gasteiger partial charge in [0.25, 0.3) is 0 Å². The topological polar surface area (TPSA) is 50.4 Å². The predicted molar refractivity (Wildman–Crippen MR) is 79.8 cm³/mol. The molecule has 2 aliphatic carbocycles. The van der Waals surface area contributed by atoms with E-state index in [2.05, 4.69) is 27.5 Å². The molecule has 106 valence electrons. The highest BCUT2D eigenvalue weighted by atomic mass is 16.5. The average molecular weight is 272 g/mol. The molecule has 4 heteroatoms. The average Bonchev–Trinajstić information content (AvgIpc) is 3.08. The molecule has 0 aliphatic heterocycles. The van der Waals surface area contributed by atoms with Crippen LogP contribution in [-0.4, -0.2) is 19.7 Å². The van der Waals surface area contributed by atoms with Crippen molar-refractivity contribution in [2.24, 2.45) is 17.8 Å². The maximum absolute atomic E-state index is 11.2. The number of benzene rings is 1. The third kappa shape index (κ3) is 2.79. The number of carbonyl (C=O) groups excluding carboxylic acids is 1. The molecule has 1 fully saturated rings. The lowest BCUT2D eigenvalue weighted by molar-refractivity contribution is 0.187. The number of hydrogen-bond acceptors (Lipinski definition) is 3. The minimum atomic E-state index is -0.444. The van der Waals surface area contributed by atoms with Crippen molar-refractivity contribution in [3.63, 3.8) is 0 Å². The summed E-state index contributed by atoms with van der Waals surface area (Å²) in [5.74, 6) is 2.30. The van der Waals surface area contributed by atoms with Crippen molar-refractivity contribution >= 4 is 17.5 Å². The largest absolute Gasteiger partial charge is 0.453 e. The zero-order chi connectivity index (χ0) is 13.9. The Morgan fingerprint density at radius 2 is 2.15 bits per heavy atom. The van der Waals surface area contributed by atoms with Crippen LogP contribution in [0, 0.1) is 17.8 Å². The molecule has 2 aliphatic rings. The fraction of sp³-hybridized carbons (Fsp3) is 0.438. The highest BCUT2D eigenvalue weighted by molar-refractivity contribution is 5.85. The number of amides is 1. The summed E-state index contributed by atoms with van der Waals surface area (Å²) in [6.45, 7) is 0.993. The van der Waals surface area contributed by atoms with E-state index < -0.39 is 6.09 Å². The van der Waals surface area contributed by atoms with Crippen LogP contribution in [0.4, 0.5) is 16.2 Å². The lowest BCUT2D eigenvalue weighted by atomic mass is 9.93. The summed E-state index contributed by atoms with van der Waals surface area (Å²) in [5, 5.41) is 6.15. The normalized spacial score (nSPS) is 26.6. The van der Waals surface area contributed by atoms with Crippen LogP contribution < -0.4 is 10.6 Å². The molecule has 0 radical (unpaired) electrons. The number of allylic oxidation sites excluding steroid dienone is 2. The van der Waals surface area contributed by atoms with Crippen LogP contribution in [0.15, 0.2) is 36.4 Å². The number of fused-ring (bicyclic) bond motifs is 2. The van der Waals surface area contributed by atoms with Crippen molar-refractivity contribution in [1.29, 1.82) is 0 Å². The molecule has 3 atom stereocenters. The summed E-state index contributed by atoms with van der Waals surface area (Å²) in [5.41, 5.74) is 1.78. The Hall–Kier alpha value is -1.97. The van der Waals surface area contributed by atoms with Gasteiger partial charge < -0.3 is 10.1 Å². The molecule has 0 heterocycles. The second kappa shape index (κ2) is 5.57. The van der Waals surface area contributed by atoms with Gasteiger partial charge in [0.05, 0.1) is 7.11 Å². The van der Waals surface area contributed by atoms with Crippen molar-refractivity contribution in [3.8, 4) is 0 Å². The van der Waals surface area contributed by atoms with E-state index in [1.165, 1.54) is 20.0 Å². The van der Waals surface area contributed by atoms with Gasteiger partial charge in [-0.05, 0) is 48.8 Å². The fourth-order valence-corrected chi connectivity index (χ4v) is 3.25. The van der Waals surface area contributed by atoms with E-state index in [0.29, 0.717) is 0 Å². The van der Waals surface area contributed by atoms with Crippen LogP contribution in [0.3, 0.4) is 0 Å². The van der Waals surface area contributed by atoms with Crippen molar-refractivity contribution in [2.45, 2.75) is 12.8 Å². The molecule has 1 saturated carbocycles. The van der Waals surface area contributed by atoms with Crippen molar-refractivity contribution < 1.29 is 9.53 Å². The Morgan fingerprint density at radius 3 is 2.85 bits per heavy atom. The van der Waals surface area contributed by atoms with Gasteiger partial charge in [-0.2, -0.15) is 0 Å². The molecule has 1 aromatic carbocycles. The smallest absolute Gasteiger partial charge is 0.411 e. The van der Waals surface area contributed by atoms with Crippen LogP contribution in [0.2, 0.25) is 0 Å². The molecule has 20 heavy (non-hydrogen) atoms. The van der Waals surface area contributed by atoms with E-state index in [1.54, 1.807) is 0 Å². The Balaban J connectivity index is 1.56. The van der Waals surface area contributed by atoms with Gasteiger partial charge in [-0.15, -0.1) is 0 Å². The van der Waals surface area contributed by atoms with Crippen LogP contribution in [0.1, 0.15) is 12.8 Å². The Labute approximate surface area is 119 Å². The maximum atomic E-state index is 11.2. The highest BCUT2D eigenvalue weighted by Crippen LogP contribution is 2.43. The molecular weight excluding hydrogens is 252 g/mol. The van der Waals surface area contributed by atoms with E-state index in [1.807, 2.05) is 24.3 Å². The van der Waals surface area contributed by atoms with Gasteiger partial charge in [0.15, 0.2) is 0 Å². The standard InChI is InChI=1S/C16H20N2O2/c1-20-16(19)18-15-4-2-3-14(9-15)17-10-13-8-11-5-6-12(13)7-11/h2-6,9,11-13,17H,7-8,10H2,1H3,(H,18,19). The van der Waals surface area contributed by atoms with E-state index in [0.717, 1.165) is 35.7 Å². The molecule has 1 aromatic rings. The van der Waals surface area contributed by atoms with E-state index in [-0.39, 0.29) is 0 Å². The zero-order valence-electron chi connectivity index (χ0n) is 11.6. The van der Waals surface area contributed by atoms with Crippen LogP contribution in [0.5, 0.6) is 0 Å². The summed E-state index contributed by atoms with van der Waals surface area (Å²) in [4.78, 5) is 11.2. The second-order valence-corrected chi connectivity index (χ2v) is 5.62. The number of anilines is 2. The van der Waals surface area contributed by atoms with Gasteiger partial charge in [-0.1, -0.05) is 18.2 Å². The molecule has 4 nitrogen and oxygen atoms in total. The number of nitrogens with one attached hydrogen (secondary N) is 2. The SMILES string of the molecule is COC(=O)Nc1cccc(NCC2CC3C=CC2C3)c1. The molecule has 3 unspecified atom stereocenters. The zero-order valence-corrected chi connectivity index (χ0v) is 11.6. The Morgan fingerprint density at radius 1 is 1.30 bits per heavy atom. The molecule has 1 amide bonds. The van der Waals surface area contributed by atoms with Gasteiger partial charge in [0.1, 0.15) is 0 Å². The molecule has 0 spiro atoms. The molecule has 0 aromatic heterocycles. The number of ether oxygens (including phenoxy) is 1. The third-order valence-corrected chi connectivity index (χ3v) is 4.28. The first kappa shape index (κ1) is 13.0. The number of carbonyl (C=O) groups is 1. The first-order valence-electron chi connectivity index (χ1n) is 7.12. The molecule has 3 rings (SSSR count). The lowest BCUT2D eigenvalue weighted by Crippen LogP contribution is -2.18. The third-order valence-electron chi connectivity index (χ3n) is 4.28. The predicted octanol–water partition coefficient (Wildman–Crippen LogP) is 3.49. The van der Waals surface area contributed by atoms with Crippen LogP contribution in [-0.2, 0) is 4.74 Å². The van der Waals surface area contributed by atoms with E-state index >= 15 is 0 Å². The van der Waals surface area contributed by atoms with Gasteiger partial charge in [0, 0.05) is 17.9 Å². The van der Waals surface area contributed by atoms with Gasteiger partial charge in [-0.25, -0.2) is 4.79 Å². The van der Waals surface area contributed by atoms with E-state index in [4.69, 9.17) is 0 Å². The molecule has 2 N–H and O–H groups in total. The molecule has 2 bridgehead atoms. The summed E-state index contributed by atoms with van der Waals surface area (Å²) in [7, 11) is 1.36. The number of rotatable bonds is 4. The minimum Gasteiger partial charge on any atom is -0.453 e. The van der Waals surface area contributed by atoms with Crippen molar-refractivity contribution in [1.82, 2.24) is 0 Å². The second-order valence-electron chi connectivity index (χ2n) is 5.62. The monoisotopic (exact) mass is 272 g/mol.